The quantitative estimate of drug-likeness (QED) is 0.511. The van der Waals surface area contributed by atoms with Crippen LogP contribution in [0.25, 0.3) is 0 Å². The molecular formula is C24H29N3O7S. The second kappa shape index (κ2) is 11.0. The molecule has 188 valence electrons. The van der Waals surface area contributed by atoms with Crippen molar-refractivity contribution in [3.8, 4) is 11.5 Å². The number of benzene rings is 2. The largest absolute Gasteiger partial charge is 0.454 e. The number of fused-ring (bicyclic) bond motifs is 1. The summed E-state index contributed by atoms with van der Waals surface area (Å²) in [5.74, 6) is 0.425. The Bertz CT molecular complexity index is 1180. The zero-order valence-corrected chi connectivity index (χ0v) is 20.3. The summed E-state index contributed by atoms with van der Waals surface area (Å²) >= 11 is 0. The Kier molecular flexibility index (Phi) is 7.76. The Hall–Kier alpha value is -3.31. The third-order valence-corrected chi connectivity index (χ3v) is 6.96. The van der Waals surface area contributed by atoms with E-state index >= 15 is 0 Å². The van der Waals surface area contributed by atoms with Gasteiger partial charge in [0.2, 0.25) is 22.7 Å². The van der Waals surface area contributed by atoms with E-state index < -0.39 is 10.0 Å². The molecule has 4 rings (SSSR count). The fraction of sp³-hybridized carbons (Fsp3) is 0.417. The summed E-state index contributed by atoms with van der Waals surface area (Å²) in [5.41, 5.74) is 1.19. The van der Waals surface area contributed by atoms with E-state index in [0.29, 0.717) is 41.6 Å². The summed E-state index contributed by atoms with van der Waals surface area (Å²) in [4.78, 5) is 25.3. The van der Waals surface area contributed by atoms with E-state index in [9.17, 15) is 18.0 Å². The lowest BCUT2D eigenvalue weighted by atomic mass is 10.1. The average Bonchev–Trinajstić information content (AvgIpc) is 3.51. The van der Waals surface area contributed by atoms with Gasteiger partial charge in [0, 0.05) is 32.2 Å². The average molecular weight is 504 g/mol. The summed E-state index contributed by atoms with van der Waals surface area (Å²) in [7, 11) is -3.58. The lowest BCUT2D eigenvalue weighted by molar-refractivity contribution is -0.116. The molecular weight excluding hydrogens is 474 g/mol. The molecule has 0 aliphatic carbocycles. The van der Waals surface area contributed by atoms with Crippen LogP contribution in [-0.2, 0) is 19.6 Å². The first-order chi connectivity index (χ1) is 16.8. The minimum Gasteiger partial charge on any atom is -0.454 e. The SMILES string of the molecule is CS(=O)(=O)N(CCCC(=O)Nc1ccccc1C(=O)NC[C@@H]1CCCO1)c1ccc2c(c1)OCO2. The molecule has 2 amide bonds. The smallest absolute Gasteiger partial charge is 0.253 e. The third kappa shape index (κ3) is 6.43. The highest BCUT2D eigenvalue weighted by atomic mass is 32.2. The molecule has 1 atom stereocenters. The van der Waals surface area contributed by atoms with Crippen LogP contribution in [0, 0.1) is 0 Å². The van der Waals surface area contributed by atoms with E-state index in [4.69, 9.17) is 14.2 Å². The van der Waals surface area contributed by atoms with Gasteiger partial charge in [-0.25, -0.2) is 8.42 Å². The molecule has 0 spiro atoms. The van der Waals surface area contributed by atoms with Gasteiger partial charge >= 0.3 is 0 Å². The van der Waals surface area contributed by atoms with Gasteiger partial charge < -0.3 is 24.8 Å². The molecule has 2 aliphatic rings. The van der Waals surface area contributed by atoms with Crippen molar-refractivity contribution in [3.05, 3.63) is 48.0 Å². The number of nitrogens with zero attached hydrogens (tertiary/aromatic N) is 1. The minimum absolute atomic E-state index is 0.0169. The van der Waals surface area contributed by atoms with Crippen LogP contribution in [0.5, 0.6) is 11.5 Å². The third-order valence-electron chi connectivity index (χ3n) is 5.77. The van der Waals surface area contributed by atoms with Crippen LogP contribution in [0.15, 0.2) is 42.5 Å². The fourth-order valence-electron chi connectivity index (χ4n) is 4.02. The number of sulfonamides is 1. The number of carbonyl (C=O) groups excluding carboxylic acids is 2. The number of para-hydroxylation sites is 1. The predicted octanol–water partition coefficient (Wildman–Crippen LogP) is 2.51. The molecule has 10 nitrogen and oxygen atoms in total. The molecule has 1 fully saturated rings. The van der Waals surface area contributed by atoms with Crippen LogP contribution in [0.1, 0.15) is 36.0 Å². The summed E-state index contributed by atoms with van der Waals surface area (Å²) in [5, 5.41) is 5.63. The van der Waals surface area contributed by atoms with Crippen LogP contribution in [0.3, 0.4) is 0 Å². The van der Waals surface area contributed by atoms with Gasteiger partial charge in [-0.2, -0.15) is 0 Å². The predicted molar refractivity (Wildman–Crippen MR) is 130 cm³/mol. The zero-order chi connectivity index (χ0) is 24.8. The number of hydrogen-bond acceptors (Lipinski definition) is 7. The maximum atomic E-state index is 12.6. The molecule has 2 aliphatic heterocycles. The van der Waals surface area contributed by atoms with E-state index in [1.807, 2.05) is 0 Å². The van der Waals surface area contributed by atoms with E-state index in [-0.39, 0.29) is 44.1 Å². The summed E-state index contributed by atoms with van der Waals surface area (Å²) < 4.78 is 42.1. The van der Waals surface area contributed by atoms with Crippen LogP contribution in [0.2, 0.25) is 0 Å². The van der Waals surface area contributed by atoms with E-state index in [1.54, 1.807) is 42.5 Å². The van der Waals surface area contributed by atoms with Crippen molar-refractivity contribution in [1.29, 1.82) is 0 Å². The summed E-state index contributed by atoms with van der Waals surface area (Å²) in [6, 6.07) is 11.7. The number of carbonyl (C=O) groups is 2. The normalized spacial score (nSPS) is 16.7. The van der Waals surface area contributed by atoms with E-state index in [1.165, 1.54) is 4.31 Å². The second-order valence-corrected chi connectivity index (χ2v) is 10.3. The van der Waals surface area contributed by atoms with Crippen LogP contribution >= 0.6 is 0 Å². The van der Waals surface area contributed by atoms with Gasteiger partial charge in [-0.15, -0.1) is 0 Å². The number of rotatable bonds is 10. The molecule has 2 N–H and O–H groups in total. The van der Waals surface area contributed by atoms with E-state index in [0.717, 1.165) is 19.1 Å². The molecule has 35 heavy (non-hydrogen) atoms. The van der Waals surface area contributed by atoms with Crippen molar-refractivity contribution in [2.45, 2.75) is 31.8 Å². The first kappa shape index (κ1) is 24.8. The fourth-order valence-corrected chi connectivity index (χ4v) is 4.98. The summed E-state index contributed by atoms with van der Waals surface area (Å²) in [6.07, 6.45) is 3.38. The van der Waals surface area contributed by atoms with Crippen LogP contribution in [-0.4, -0.2) is 59.1 Å². The van der Waals surface area contributed by atoms with Crippen molar-refractivity contribution >= 4 is 33.2 Å². The number of nitrogens with one attached hydrogen (secondary N) is 2. The lowest BCUT2D eigenvalue weighted by Gasteiger charge is -2.22. The highest BCUT2D eigenvalue weighted by molar-refractivity contribution is 7.92. The zero-order valence-electron chi connectivity index (χ0n) is 19.5. The topological polar surface area (TPSA) is 123 Å². The Morgan fingerprint density at radius 2 is 1.91 bits per heavy atom. The van der Waals surface area contributed by atoms with Crippen molar-refractivity contribution in [1.82, 2.24) is 5.32 Å². The molecule has 0 bridgehead atoms. The van der Waals surface area contributed by atoms with Gasteiger partial charge in [-0.3, -0.25) is 13.9 Å². The summed E-state index contributed by atoms with van der Waals surface area (Å²) in [6.45, 7) is 1.32. The van der Waals surface area contributed by atoms with Gasteiger partial charge in [0.25, 0.3) is 5.91 Å². The second-order valence-electron chi connectivity index (χ2n) is 8.42. The van der Waals surface area contributed by atoms with Crippen molar-refractivity contribution in [2.75, 3.05) is 42.4 Å². The molecule has 11 heteroatoms. The number of hydrogen-bond donors (Lipinski definition) is 2. The van der Waals surface area contributed by atoms with Crippen LogP contribution in [0.4, 0.5) is 11.4 Å². The lowest BCUT2D eigenvalue weighted by Crippen LogP contribution is -2.32. The molecule has 0 saturated carbocycles. The minimum atomic E-state index is -3.58. The first-order valence-corrected chi connectivity index (χ1v) is 13.3. The maximum absolute atomic E-state index is 12.6. The highest BCUT2D eigenvalue weighted by Crippen LogP contribution is 2.36. The molecule has 0 aromatic heterocycles. The molecule has 2 aromatic carbocycles. The Balaban J connectivity index is 1.33. The van der Waals surface area contributed by atoms with Crippen molar-refractivity contribution < 1.29 is 32.2 Å². The van der Waals surface area contributed by atoms with Crippen LogP contribution < -0.4 is 24.4 Å². The molecule has 2 heterocycles. The number of amides is 2. The van der Waals surface area contributed by atoms with E-state index in [2.05, 4.69) is 10.6 Å². The Labute approximate surface area is 204 Å². The maximum Gasteiger partial charge on any atom is 0.253 e. The van der Waals surface area contributed by atoms with Gasteiger partial charge in [0.15, 0.2) is 11.5 Å². The molecule has 2 aromatic rings. The van der Waals surface area contributed by atoms with Crippen molar-refractivity contribution in [3.63, 3.8) is 0 Å². The van der Waals surface area contributed by atoms with Gasteiger partial charge in [-0.05, 0) is 43.5 Å². The highest BCUT2D eigenvalue weighted by Gasteiger charge is 2.22. The Morgan fingerprint density at radius 1 is 1.11 bits per heavy atom. The van der Waals surface area contributed by atoms with Crippen molar-refractivity contribution in [2.24, 2.45) is 0 Å². The Morgan fingerprint density at radius 3 is 2.69 bits per heavy atom. The monoisotopic (exact) mass is 503 g/mol. The molecule has 0 unspecified atom stereocenters. The first-order valence-electron chi connectivity index (χ1n) is 11.5. The number of anilines is 2. The number of ether oxygens (including phenoxy) is 3. The standard InChI is InChI=1S/C24H29N3O7S/c1-35(30,31)27(17-10-11-21-22(14-17)34-16-33-21)12-4-9-23(28)26-20-8-3-2-7-19(20)24(29)25-15-18-6-5-13-32-18/h2-3,7-8,10-11,14,18H,4-6,9,12-13,15-16H2,1H3,(H,25,29)(H,26,28)/t18-/m0/s1. The van der Waals surface area contributed by atoms with Gasteiger partial charge in [0.05, 0.1) is 29.3 Å². The van der Waals surface area contributed by atoms with Gasteiger partial charge in [-0.1, -0.05) is 12.1 Å². The molecule has 1 saturated heterocycles. The van der Waals surface area contributed by atoms with Gasteiger partial charge in [0.1, 0.15) is 0 Å². The molecule has 0 radical (unpaired) electrons.